The predicted molar refractivity (Wildman–Crippen MR) is 77.1 cm³/mol. The van der Waals surface area contributed by atoms with Crippen LogP contribution in [0.3, 0.4) is 0 Å². The fourth-order valence-electron chi connectivity index (χ4n) is 1.81. The topological polar surface area (TPSA) is 83.5 Å². The Kier molecular flexibility index (Phi) is 5.71. The minimum absolute atomic E-state index is 0.243. The van der Waals surface area contributed by atoms with Crippen LogP contribution < -0.4 is 4.72 Å². The van der Waals surface area contributed by atoms with Gasteiger partial charge in [-0.1, -0.05) is 19.1 Å². The molecule has 2 N–H and O–H groups in total. The molecule has 0 aromatic heterocycles. The van der Waals surface area contributed by atoms with Gasteiger partial charge in [0, 0.05) is 6.54 Å². The summed E-state index contributed by atoms with van der Waals surface area (Å²) in [7, 11) is -3.53. The van der Waals surface area contributed by atoms with Crippen LogP contribution in [0.25, 0.3) is 0 Å². The number of benzene rings is 1. The fourth-order valence-corrected chi connectivity index (χ4v) is 3.21. The summed E-state index contributed by atoms with van der Waals surface area (Å²) in [5, 5.41) is 8.75. The number of hydrogen-bond acceptors (Lipinski definition) is 3. The summed E-state index contributed by atoms with van der Waals surface area (Å²) >= 11 is 0. The lowest BCUT2D eigenvalue weighted by atomic mass is 10.1. The van der Waals surface area contributed by atoms with Gasteiger partial charge in [-0.05, 0) is 43.9 Å². The Morgan fingerprint density at radius 1 is 1.35 bits per heavy atom. The van der Waals surface area contributed by atoms with Gasteiger partial charge in [-0.2, -0.15) is 0 Å². The first-order valence-electron chi connectivity index (χ1n) is 6.54. The van der Waals surface area contributed by atoms with E-state index in [0.717, 1.165) is 5.56 Å². The molecule has 1 rings (SSSR count). The monoisotopic (exact) mass is 299 g/mol. The predicted octanol–water partition coefficient (Wildman–Crippen LogP) is 2.08. The van der Waals surface area contributed by atoms with E-state index < -0.39 is 21.9 Å². The van der Waals surface area contributed by atoms with Crippen molar-refractivity contribution in [1.29, 1.82) is 0 Å². The summed E-state index contributed by atoms with van der Waals surface area (Å²) in [5.41, 5.74) is 1.58. The zero-order valence-corrected chi connectivity index (χ0v) is 12.8. The summed E-state index contributed by atoms with van der Waals surface area (Å²) in [4.78, 5) is 10.9. The number of hydrogen-bond donors (Lipinski definition) is 2. The van der Waals surface area contributed by atoms with Crippen LogP contribution in [0.5, 0.6) is 0 Å². The smallest absolute Gasteiger partial charge is 0.306 e. The molecule has 0 radical (unpaired) electrons. The maximum atomic E-state index is 12.2. The Labute approximate surface area is 120 Å². The van der Waals surface area contributed by atoms with Crippen LogP contribution in [0, 0.1) is 19.8 Å². The summed E-state index contributed by atoms with van der Waals surface area (Å²) < 4.78 is 26.8. The maximum Gasteiger partial charge on any atom is 0.306 e. The zero-order chi connectivity index (χ0) is 15.3. The van der Waals surface area contributed by atoms with Crippen LogP contribution in [0.4, 0.5) is 0 Å². The minimum Gasteiger partial charge on any atom is -0.481 e. The Morgan fingerprint density at radius 3 is 2.60 bits per heavy atom. The number of carboxylic acid groups (broad SMARTS) is 1. The van der Waals surface area contributed by atoms with Crippen molar-refractivity contribution in [1.82, 2.24) is 4.72 Å². The van der Waals surface area contributed by atoms with Crippen molar-refractivity contribution in [3.8, 4) is 0 Å². The second-order valence-electron chi connectivity index (χ2n) is 5.05. The molecule has 0 fully saturated rings. The molecular formula is C14H21NO4S. The van der Waals surface area contributed by atoms with E-state index in [0.29, 0.717) is 18.4 Å². The number of sulfonamides is 1. The van der Waals surface area contributed by atoms with E-state index in [4.69, 9.17) is 5.11 Å². The van der Waals surface area contributed by atoms with E-state index in [9.17, 15) is 13.2 Å². The van der Waals surface area contributed by atoms with Crippen LogP contribution in [0.2, 0.25) is 0 Å². The second-order valence-corrected chi connectivity index (χ2v) is 6.78. The quantitative estimate of drug-likeness (QED) is 0.755. The lowest BCUT2D eigenvalue weighted by Crippen LogP contribution is -2.26. The van der Waals surface area contributed by atoms with Gasteiger partial charge in [-0.15, -0.1) is 0 Å². The number of carbonyl (C=O) groups is 1. The fraction of sp³-hybridized carbons (Fsp3) is 0.500. The van der Waals surface area contributed by atoms with E-state index in [1.54, 1.807) is 26.0 Å². The summed E-state index contributed by atoms with van der Waals surface area (Å²) in [6, 6.07) is 5.27. The van der Waals surface area contributed by atoms with Gasteiger partial charge in [-0.3, -0.25) is 4.79 Å². The molecule has 0 spiro atoms. The van der Waals surface area contributed by atoms with Gasteiger partial charge in [0.25, 0.3) is 0 Å². The molecule has 0 aliphatic carbocycles. The van der Waals surface area contributed by atoms with Crippen LogP contribution >= 0.6 is 0 Å². The van der Waals surface area contributed by atoms with Gasteiger partial charge in [-0.25, -0.2) is 13.1 Å². The number of carboxylic acids is 1. The van der Waals surface area contributed by atoms with E-state index >= 15 is 0 Å². The SMILES string of the molecule is Cc1ccc(C)c(S(=O)(=O)NCCCC(C)C(=O)O)c1. The molecule has 1 atom stereocenters. The first-order valence-corrected chi connectivity index (χ1v) is 8.02. The van der Waals surface area contributed by atoms with Gasteiger partial charge < -0.3 is 5.11 Å². The highest BCUT2D eigenvalue weighted by Gasteiger charge is 2.17. The molecule has 0 heterocycles. The van der Waals surface area contributed by atoms with Crippen LogP contribution in [-0.2, 0) is 14.8 Å². The Bertz CT molecular complexity index is 581. The lowest BCUT2D eigenvalue weighted by Gasteiger charge is -2.11. The van der Waals surface area contributed by atoms with Gasteiger partial charge in [0.2, 0.25) is 10.0 Å². The van der Waals surface area contributed by atoms with Gasteiger partial charge >= 0.3 is 5.97 Å². The van der Waals surface area contributed by atoms with Crippen molar-refractivity contribution >= 4 is 16.0 Å². The Balaban J connectivity index is 2.62. The van der Waals surface area contributed by atoms with Crippen LogP contribution in [-0.4, -0.2) is 26.0 Å². The number of rotatable bonds is 7. The molecule has 5 nitrogen and oxygen atoms in total. The summed E-state index contributed by atoms with van der Waals surface area (Å²) in [6.07, 6.45) is 0.947. The molecule has 0 aliphatic heterocycles. The van der Waals surface area contributed by atoms with Crippen molar-refractivity contribution in [2.75, 3.05) is 6.54 Å². The summed E-state index contributed by atoms with van der Waals surface area (Å²) in [6.45, 7) is 5.45. The highest BCUT2D eigenvalue weighted by atomic mass is 32.2. The summed E-state index contributed by atoms with van der Waals surface area (Å²) in [5.74, 6) is -1.32. The zero-order valence-electron chi connectivity index (χ0n) is 12.0. The van der Waals surface area contributed by atoms with Crippen molar-refractivity contribution in [2.45, 2.75) is 38.5 Å². The average molecular weight is 299 g/mol. The third-order valence-corrected chi connectivity index (χ3v) is 4.76. The standard InChI is InChI=1S/C14H21NO4S/c1-10-6-7-11(2)13(9-10)20(18,19)15-8-4-5-12(3)14(16)17/h6-7,9,12,15H,4-5,8H2,1-3H3,(H,16,17). The van der Waals surface area contributed by atoms with Crippen molar-refractivity contribution in [3.63, 3.8) is 0 Å². The number of aryl methyl sites for hydroxylation is 2. The molecule has 0 saturated heterocycles. The van der Waals surface area contributed by atoms with Crippen molar-refractivity contribution in [3.05, 3.63) is 29.3 Å². The van der Waals surface area contributed by atoms with Crippen LogP contribution in [0.1, 0.15) is 30.9 Å². The first-order chi connectivity index (χ1) is 9.24. The van der Waals surface area contributed by atoms with Crippen molar-refractivity contribution in [2.24, 2.45) is 5.92 Å². The molecule has 1 aromatic rings. The third-order valence-electron chi connectivity index (χ3n) is 3.16. The van der Waals surface area contributed by atoms with Gasteiger partial charge in [0.15, 0.2) is 0 Å². The Morgan fingerprint density at radius 2 is 2.00 bits per heavy atom. The highest BCUT2D eigenvalue weighted by molar-refractivity contribution is 7.89. The van der Waals surface area contributed by atoms with E-state index in [-0.39, 0.29) is 11.4 Å². The van der Waals surface area contributed by atoms with Crippen LogP contribution in [0.15, 0.2) is 23.1 Å². The molecule has 112 valence electrons. The molecule has 0 saturated carbocycles. The largest absolute Gasteiger partial charge is 0.481 e. The Hall–Kier alpha value is -1.40. The molecule has 1 unspecified atom stereocenters. The molecule has 0 bridgehead atoms. The molecule has 6 heteroatoms. The number of aliphatic carboxylic acids is 1. The minimum atomic E-state index is -3.53. The maximum absolute atomic E-state index is 12.2. The molecule has 0 amide bonds. The van der Waals surface area contributed by atoms with Crippen molar-refractivity contribution < 1.29 is 18.3 Å². The van der Waals surface area contributed by atoms with E-state index in [2.05, 4.69) is 4.72 Å². The first kappa shape index (κ1) is 16.7. The van der Waals surface area contributed by atoms with Gasteiger partial charge in [0.1, 0.15) is 0 Å². The average Bonchev–Trinajstić information content (AvgIpc) is 2.37. The molecule has 0 aliphatic rings. The van der Waals surface area contributed by atoms with Gasteiger partial charge in [0.05, 0.1) is 10.8 Å². The normalized spacial score (nSPS) is 13.2. The molecule has 20 heavy (non-hydrogen) atoms. The van der Waals surface area contributed by atoms with E-state index in [1.165, 1.54) is 0 Å². The second kappa shape index (κ2) is 6.85. The van der Waals surface area contributed by atoms with E-state index in [1.807, 2.05) is 13.0 Å². The molecular weight excluding hydrogens is 278 g/mol. The lowest BCUT2D eigenvalue weighted by molar-refractivity contribution is -0.141. The molecule has 1 aromatic carbocycles. The highest BCUT2D eigenvalue weighted by Crippen LogP contribution is 2.16. The third kappa shape index (κ3) is 4.61. The number of nitrogens with one attached hydrogen (secondary N) is 1.